The molecule has 0 aromatic carbocycles. The summed E-state index contributed by atoms with van der Waals surface area (Å²) in [6, 6.07) is 0. The number of hydrogen-bond acceptors (Lipinski definition) is 3. The van der Waals surface area contributed by atoms with Crippen molar-refractivity contribution in [2.24, 2.45) is 11.7 Å². The van der Waals surface area contributed by atoms with Crippen LogP contribution < -0.4 is 5.73 Å². The number of hydrogen-bond donors (Lipinski definition) is 1. The minimum atomic E-state index is -0.0803. The van der Waals surface area contributed by atoms with Crippen LogP contribution >= 0.6 is 0 Å². The second-order valence-corrected chi connectivity index (χ2v) is 8.28. The lowest BCUT2D eigenvalue weighted by atomic mass is 9.72. The molecule has 2 fully saturated rings. The summed E-state index contributed by atoms with van der Waals surface area (Å²) in [5.74, 6) is 0.848. The van der Waals surface area contributed by atoms with Gasteiger partial charge in [-0.2, -0.15) is 0 Å². The van der Waals surface area contributed by atoms with Crippen molar-refractivity contribution in [2.45, 2.75) is 83.5 Å². The van der Waals surface area contributed by atoms with E-state index in [0.29, 0.717) is 0 Å². The van der Waals surface area contributed by atoms with E-state index in [-0.39, 0.29) is 16.7 Å². The Hall–Kier alpha value is -0.120. The highest BCUT2D eigenvalue weighted by Crippen LogP contribution is 2.41. The van der Waals surface area contributed by atoms with E-state index in [1.165, 1.54) is 32.1 Å². The smallest absolute Gasteiger partial charge is 0.0761 e. The van der Waals surface area contributed by atoms with E-state index >= 15 is 0 Å². The summed E-state index contributed by atoms with van der Waals surface area (Å²) in [6.45, 7) is 14.0. The predicted molar refractivity (Wildman–Crippen MR) is 84.9 cm³/mol. The molecule has 1 aliphatic heterocycles. The molecule has 2 aliphatic rings. The number of ether oxygens (including phenoxy) is 1. The fourth-order valence-electron chi connectivity index (χ4n) is 4.53. The molecule has 2 unspecified atom stereocenters. The van der Waals surface area contributed by atoms with Crippen molar-refractivity contribution < 1.29 is 4.74 Å². The maximum absolute atomic E-state index is 6.28. The topological polar surface area (TPSA) is 38.5 Å². The van der Waals surface area contributed by atoms with E-state index < -0.39 is 0 Å². The van der Waals surface area contributed by atoms with Crippen molar-refractivity contribution in [3.63, 3.8) is 0 Å². The molecule has 0 spiro atoms. The van der Waals surface area contributed by atoms with Gasteiger partial charge in [0.1, 0.15) is 0 Å². The molecule has 0 aromatic rings. The second-order valence-electron chi connectivity index (χ2n) is 8.28. The Morgan fingerprint density at radius 2 is 1.75 bits per heavy atom. The summed E-state index contributed by atoms with van der Waals surface area (Å²) in [5.41, 5.74) is 6.33. The Bertz CT molecular complexity index is 324. The Morgan fingerprint density at radius 3 is 2.25 bits per heavy atom. The minimum Gasteiger partial charge on any atom is -0.367 e. The zero-order chi connectivity index (χ0) is 15.0. The first kappa shape index (κ1) is 16.3. The van der Waals surface area contributed by atoms with Crippen LogP contribution in [0.3, 0.4) is 0 Å². The largest absolute Gasteiger partial charge is 0.367 e. The number of nitrogens with two attached hydrogens (primary N) is 1. The van der Waals surface area contributed by atoms with Gasteiger partial charge >= 0.3 is 0 Å². The predicted octanol–water partition coefficient (Wildman–Crippen LogP) is 3.17. The Kier molecular flexibility index (Phi) is 4.54. The molecule has 1 saturated carbocycles. The molecule has 3 heteroatoms. The number of nitrogens with zero attached hydrogens (tertiary/aromatic N) is 1. The fourth-order valence-corrected chi connectivity index (χ4v) is 4.53. The number of morpholine rings is 1. The zero-order valence-electron chi connectivity index (χ0n) is 14.2. The van der Waals surface area contributed by atoms with E-state index in [1.807, 2.05) is 0 Å². The van der Waals surface area contributed by atoms with Crippen LogP contribution in [-0.2, 0) is 4.74 Å². The first-order valence-corrected chi connectivity index (χ1v) is 8.37. The van der Waals surface area contributed by atoms with Crippen LogP contribution in [0.15, 0.2) is 0 Å². The van der Waals surface area contributed by atoms with Gasteiger partial charge in [0.15, 0.2) is 0 Å². The third-order valence-corrected chi connectivity index (χ3v) is 5.25. The molecule has 1 saturated heterocycles. The summed E-state index contributed by atoms with van der Waals surface area (Å²) >= 11 is 0. The van der Waals surface area contributed by atoms with E-state index in [4.69, 9.17) is 10.5 Å². The molecular weight excluding hydrogens is 248 g/mol. The van der Waals surface area contributed by atoms with E-state index in [0.717, 1.165) is 25.6 Å². The van der Waals surface area contributed by atoms with Crippen LogP contribution in [-0.4, -0.2) is 41.3 Å². The number of rotatable bonds is 3. The van der Waals surface area contributed by atoms with Crippen molar-refractivity contribution in [1.29, 1.82) is 0 Å². The van der Waals surface area contributed by atoms with Crippen molar-refractivity contribution in [3.05, 3.63) is 0 Å². The average Bonchev–Trinajstić information content (AvgIpc) is 2.35. The van der Waals surface area contributed by atoms with Gasteiger partial charge in [-0.15, -0.1) is 0 Å². The monoisotopic (exact) mass is 282 g/mol. The van der Waals surface area contributed by atoms with Crippen LogP contribution in [0.2, 0.25) is 0 Å². The molecule has 2 atom stereocenters. The second kappa shape index (κ2) is 5.58. The maximum Gasteiger partial charge on any atom is 0.0761 e. The average molecular weight is 282 g/mol. The standard InChI is InChI=1S/C17H34N2O/c1-6-14-8-7-9-17(10-14,11-18)19-12-15(2,3)20-16(4,5)13-19/h14H,6-13,18H2,1-5H3. The van der Waals surface area contributed by atoms with Gasteiger partial charge < -0.3 is 10.5 Å². The van der Waals surface area contributed by atoms with Crippen molar-refractivity contribution in [2.75, 3.05) is 19.6 Å². The Labute approximate surface area is 125 Å². The summed E-state index contributed by atoms with van der Waals surface area (Å²) < 4.78 is 6.24. The molecule has 0 bridgehead atoms. The van der Waals surface area contributed by atoms with Crippen molar-refractivity contribution in [1.82, 2.24) is 4.90 Å². The summed E-state index contributed by atoms with van der Waals surface area (Å²) in [6.07, 6.45) is 6.53. The maximum atomic E-state index is 6.28. The van der Waals surface area contributed by atoms with Crippen molar-refractivity contribution >= 4 is 0 Å². The molecule has 0 aromatic heterocycles. The van der Waals surface area contributed by atoms with E-state index in [9.17, 15) is 0 Å². The summed E-state index contributed by atoms with van der Waals surface area (Å²) in [7, 11) is 0. The van der Waals surface area contributed by atoms with Crippen LogP contribution in [0.25, 0.3) is 0 Å². The highest BCUT2D eigenvalue weighted by atomic mass is 16.5. The third-order valence-electron chi connectivity index (χ3n) is 5.25. The highest BCUT2D eigenvalue weighted by Gasteiger charge is 2.47. The fraction of sp³-hybridized carbons (Fsp3) is 1.00. The lowest BCUT2D eigenvalue weighted by Gasteiger charge is -2.56. The first-order chi connectivity index (χ1) is 9.22. The normalized spacial score (nSPS) is 37.8. The molecule has 118 valence electrons. The van der Waals surface area contributed by atoms with Gasteiger partial charge in [-0.05, 0) is 46.5 Å². The summed E-state index contributed by atoms with van der Waals surface area (Å²) in [4.78, 5) is 2.66. The van der Waals surface area contributed by atoms with Crippen LogP contribution in [0.5, 0.6) is 0 Å². The molecule has 20 heavy (non-hydrogen) atoms. The minimum absolute atomic E-state index is 0.0803. The first-order valence-electron chi connectivity index (χ1n) is 8.37. The molecule has 1 heterocycles. The summed E-state index contributed by atoms with van der Waals surface area (Å²) in [5, 5.41) is 0. The Morgan fingerprint density at radius 1 is 1.15 bits per heavy atom. The molecular formula is C17H34N2O. The van der Waals surface area contributed by atoms with Gasteiger partial charge in [0.25, 0.3) is 0 Å². The van der Waals surface area contributed by atoms with E-state index in [1.54, 1.807) is 0 Å². The van der Waals surface area contributed by atoms with Crippen LogP contribution in [0.1, 0.15) is 66.7 Å². The van der Waals surface area contributed by atoms with Gasteiger partial charge in [0, 0.05) is 25.2 Å². The van der Waals surface area contributed by atoms with Gasteiger partial charge in [-0.25, -0.2) is 0 Å². The lowest BCUT2D eigenvalue weighted by molar-refractivity contribution is -0.203. The van der Waals surface area contributed by atoms with Crippen molar-refractivity contribution in [3.8, 4) is 0 Å². The molecule has 0 radical (unpaired) electrons. The van der Waals surface area contributed by atoms with Crippen LogP contribution in [0.4, 0.5) is 0 Å². The Balaban J connectivity index is 2.21. The lowest BCUT2D eigenvalue weighted by Crippen LogP contribution is -2.67. The van der Waals surface area contributed by atoms with E-state index in [2.05, 4.69) is 39.5 Å². The zero-order valence-corrected chi connectivity index (χ0v) is 14.2. The van der Waals surface area contributed by atoms with Gasteiger partial charge in [-0.3, -0.25) is 4.90 Å². The third kappa shape index (κ3) is 3.37. The SMILES string of the molecule is CCC1CCCC(CN)(N2CC(C)(C)OC(C)(C)C2)C1. The quantitative estimate of drug-likeness (QED) is 0.864. The van der Waals surface area contributed by atoms with Gasteiger partial charge in [0.05, 0.1) is 11.2 Å². The highest BCUT2D eigenvalue weighted by molar-refractivity contribution is 5.02. The molecule has 3 nitrogen and oxygen atoms in total. The molecule has 1 aliphatic carbocycles. The molecule has 2 N–H and O–H groups in total. The molecule has 0 amide bonds. The van der Waals surface area contributed by atoms with Crippen LogP contribution in [0, 0.1) is 5.92 Å². The molecule has 2 rings (SSSR count). The van der Waals surface area contributed by atoms with Gasteiger partial charge in [0.2, 0.25) is 0 Å². The van der Waals surface area contributed by atoms with Gasteiger partial charge in [-0.1, -0.05) is 26.2 Å².